The molecule has 0 saturated heterocycles. The molecule has 2 aromatic rings. The largest absolute Gasteiger partial charge is 0.376 e. The number of nitro benzene ring substituents is 1. The van der Waals surface area contributed by atoms with E-state index >= 15 is 0 Å². The fourth-order valence-corrected chi connectivity index (χ4v) is 3.09. The Hall–Kier alpha value is -3.26. The van der Waals surface area contributed by atoms with Gasteiger partial charge < -0.3 is 16.0 Å². The van der Waals surface area contributed by atoms with Gasteiger partial charge in [-0.2, -0.15) is 0 Å². The molecule has 0 aromatic heterocycles. The number of hydrogen-bond acceptors (Lipinski definition) is 5. The highest BCUT2D eigenvalue weighted by Gasteiger charge is 2.28. The lowest BCUT2D eigenvalue weighted by Gasteiger charge is -2.35. The van der Waals surface area contributed by atoms with Crippen molar-refractivity contribution in [2.45, 2.75) is 13.1 Å². The molecule has 3 rings (SSSR count). The Morgan fingerprint density at radius 3 is 2.59 bits per heavy atom. The van der Waals surface area contributed by atoms with Crippen LogP contribution in [0.1, 0.15) is 24.2 Å². The highest BCUT2D eigenvalue weighted by molar-refractivity contribution is 7.80. The number of nitrogens with one attached hydrogen (secondary N) is 1. The molecule has 0 amide bonds. The number of thiocarbonyl (C=S) groups is 1. The molecule has 0 saturated carbocycles. The van der Waals surface area contributed by atoms with E-state index in [1.165, 1.54) is 12.1 Å². The van der Waals surface area contributed by atoms with Gasteiger partial charge in [0.15, 0.2) is 5.11 Å². The number of rotatable bonds is 4. The minimum absolute atomic E-state index is 0.00211. The molecule has 1 aliphatic rings. The molecule has 2 aromatic carbocycles. The summed E-state index contributed by atoms with van der Waals surface area (Å²) >= 11 is 5.01. The van der Waals surface area contributed by atoms with Gasteiger partial charge in [-0.05, 0) is 24.7 Å². The molecule has 1 heterocycles. The second-order valence-corrected chi connectivity index (χ2v) is 6.57. The van der Waals surface area contributed by atoms with Crippen molar-refractivity contribution in [2.24, 2.45) is 10.7 Å². The first kappa shape index (κ1) is 18.5. The fraction of sp³-hybridized carbons (Fsp3) is 0.158. The van der Waals surface area contributed by atoms with E-state index in [0.29, 0.717) is 17.0 Å². The van der Waals surface area contributed by atoms with Crippen LogP contribution < -0.4 is 11.1 Å². The lowest BCUT2D eigenvalue weighted by atomic mass is 10.0. The third kappa shape index (κ3) is 3.80. The molecule has 0 bridgehead atoms. The molecule has 1 unspecified atom stereocenters. The van der Waals surface area contributed by atoms with Crippen LogP contribution in [0.15, 0.2) is 71.0 Å². The van der Waals surface area contributed by atoms with Crippen LogP contribution in [0.25, 0.3) is 0 Å². The molecule has 0 spiro atoms. The third-order valence-electron chi connectivity index (χ3n) is 4.42. The SMILES string of the molecule is CC1=C(NC(N)=S)C(c2cccc([N+](=O)[O-])c2)=NC(c2ccccc2)N1C. The van der Waals surface area contributed by atoms with E-state index in [9.17, 15) is 10.1 Å². The van der Waals surface area contributed by atoms with Crippen LogP contribution in [0.5, 0.6) is 0 Å². The summed E-state index contributed by atoms with van der Waals surface area (Å²) in [6.45, 7) is 1.93. The fourth-order valence-electron chi connectivity index (χ4n) is 2.99. The molecule has 0 aliphatic carbocycles. The molecule has 138 valence electrons. The van der Waals surface area contributed by atoms with E-state index in [2.05, 4.69) is 5.32 Å². The number of nitro groups is 1. The lowest BCUT2D eigenvalue weighted by molar-refractivity contribution is -0.384. The first-order valence-corrected chi connectivity index (χ1v) is 8.67. The second-order valence-electron chi connectivity index (χ2n) is 6.13. The second kappa shape index (κ2) is 7.55. The predicted molar refractivity (Wildman–Crippen MR) is 109 cm³/mol. The minimum atomic E-state index is -0.426. The monoisotopic (exact) mass is 381 g/mol. The highest BCUT2D eigenvalue weighted by atomic mass is 32.1. The van der Waals surface area contributed by atoms with E-state index in [1.54, 1.807) is 12.1 Å². The Balaban J connectivity index is 2.16. The molecular formula is C19H19N5O2S. The topological polar surface area (TPSA) is 96.8 Å². The van der Waals surface area contributed by atoms with Gasteiger partial charge in [0.2, 0.25) is 0 Å². The summed E-state index contributed by atoms with van der Waals surface area (Å²) < 4.78 is 0. The molecule has 7 nitrogen and oxygen atoms in total. The number of hydrogen-bond donors (Lipinski definition) is 2. The molecule has 0 radical (unpaired) electrons. The maximum atomic E-state index is 11.2. The Labute approximate surface area is 162 Å². The highest BCUT2D eigenvalue weighted by Crippen LogP contribution is 2.32. The Morgan fingerprint density at radius 1 is 1.26 bits per heavy atom. The van der Waals surface area contributed by atoms with E-state index in [4.69, 9.17) is 22.9 Å². The van der Waals surface area contributed by atoms with Gasteiger partial charge in [-0.1, -0.05) is 42.5 Å². The normalized spacial score (nSPS) is 16.7. The molecule has 1 atom stereocenters. The summed E-state index contributed by atoms with van der Waals surface area (Å²) in [5.41, 5.74) is 9.43. The zero-order chi connectivity index (χ0) is 19.6. The zero-order valence-corrected chi connectivity index (χ0v) is 15.7. The van der Waals surface area contributed by atoms with Crippen LogP contribution in [0.4, 0.5) is 5.69 Å². The molecular weight excluding hydrogens is 362 g/mol. The van der Waals surface area contributed by atoms with Crippen molar-refractivity contribution in [3.63, 3.8) is 0 Å². The maximum Gasteiger partial charge on any atom is 0.270 e. The lowest BCUT2D eigenvalue weighted by Crippen LogP contribution is -2.39. The number of allylic oxidation sites excluding steroid dienone is 2. The van der Waals surface area contributed by atoms with Crippen molar-refractivity contribution >= 4 is 28.7 Å². The van der Waals surface area contributed by atoms with Crippen molar-refractivity contribution in [3.05, 3.63) is 87.2 Å². The van der Waals surface area contributed by atoms with Gasteiger partial charge in [-0.15, -0.1) is 0 Å². The number of aliphatic imine (C=N–C) groups is 1. The van der Waals surface area contributed by atoms with Crippen LogP contribution in [0.3, 0.4) is 0 Å². The summed E-state index contributed by atoms with van der Waals surface area (Å²) in [6.07, 6.45) is -0.266. The molecule has 8 heteroatoms. The summed E-state index contributed by atoms with van der Waals surface area (Å²) in [5, 5.41) is 14.3. The summed E-state index contributed by atoms with van der Waals surface area (Å²) in [4.78, 5) is 17.6. The van der Waals surface area contributed by atoms with Crippen LogP contribution in [-0.2, 0) is 0 Å². The first-order chi connectivity index (χ1) is 12.9. The van der Waals surface area contributed by atoms with Gasteiger partial charge in [-0.25, -0.2) is 0 Å². The number of nitrogens with two attached hydrogens (primary N) is 1. The van der Waals surface area contributed by atoms with Gasteiger partial charge >= 0.3 is 0 Å². The van der Waals surface area contributed by atoms with Gasteiger partial charge in [0.1, 0.15) is 6.17 Å². The first-order valence-electron chi connectivity index (χ1n) is 8.26. The van der Waals surface area contributed by atoms with Crippen LogP contribution >= 0.6 is 12.2 Å². The Morgan fingerprint density at radius 2 is 1.96 bits per heavy atom. The predicted octanol–water partition coefficient (Wildman–Crippen LogP) is 3.09. The summed E-state index contributed by atoms with van der Waals surface area (Å²) in [5.74, 6) is 0. The number of nitrogens with zero attached hydrogens (tertiary/aromatic N) is 3. The summed E-state index contributed by atoms with van der Waals surface area (Å²) in [7, 11) is 1.93. The van der Waals surface area contributed by atoms with Crippen molar-refractivity contribution in [2.75, 3.05) is 7.05 Å². The Bertz CT molecular complexity index is 956. The quantitative estimate of drug-likeness (QED) is 0.480. The minimum Gasteiger partial charge on any atom is -0.376 e. The van der Waals surface area contributed by atoms with Gasteiger partial charge in [0, 0.05) is 30.4 Å². The summed E-state index contributed by atoms with van der Waals surface area (Å²) in [6, 6.07) is 16.2. The van der Waals surface area contributed by atoms with Crippen LogP contribution in [-0.4, -0.2) is 27.7 Å². The van der Waals surface area contributed by atoms with Crippen molar-refractivity contribution in [1.82, 2.24) is 10.2 Å². The van der Waals surface area contributed by atoms with Gasteiger partial charge in [-0.3, -0.25) is 15.1 Å². The number of non-ortho nitro benzene ring substituents is 1. The van der Waals surface area contributed by atoms with E-state index in [1.807, 2.05) is 49.2 Å². The molecule has 0 fully saturated rings. The van der Waals surface area contributed by atoms with Gasteiger partial charge in [0.25, 0.3) is 5.69 Å². The van der Waals surface area contributed by atoms with Gasteiger partial charge in [0.05, 0.1) is 16.3 Å². The van der Waals surface area contributed by atoms with Crippen LogP contribution in [0, 0.1) is 10.1 Å². The Kier molecular flexibility index (Phi) is 5.18. The number of benzene rings is 2. The zero-order valence-electron chi connectivity index (χ0n) is 14.9. The van der Waals surface area contributed by atoms with Crippen molar-refractivity contribution in [3.8, 4) is 0 Å². The molecule has 27 heavy (non-hydrogen) atoms. The third-order valence-corrected chi connectivity index (χ3v) is 4.52. The van der Waals surface area contributed by atoms with Crippen LogP contribution in [0.2, 0.25) is 0 Å². The standard InChI is InChI=1S/C19H19N5O2S/c1-12-16(22-19(20)27)17(14-9-6-10-15(11-14)24(25)26)21-18(23(12)2)13-7-4-3-5-8-13/h3-11,18H,1-2H3,(H3,20,22,27). The van der Waals surface area contributed by atoms with Crippen molar-refractivity contribution in [1.29, 1.82) is 0 Å². The average molecular weight is 381 g/mol. The van der Waals surface area contributed by atoms with E-state index in [0.717, 1.165) is 11.3 Å². The average Bonchev–Trinajstić information content (AvgIpc) is 2.66. The van der Waals surface area contributed by atoms with Crippen molar-refractivity contribution < 1.29 is 4.92 Å². The van der Waals surface area contributed by atoms with E-state index < -0.39 is 4.92 Å². The smallest absolute Gasteiger partial charge is 0.270 e. The molecule has 1 aliphatic heterocycles. The molecule has 3 N–H and O–H groups in total. The maximum absolute atomic E-state index is 11.2. The van der Waals surface area contributed by atoms with E-state index in [-0.39, 0.29) is 17.0 Å².